The summed E-state index contributed by atoms with van der Waals surface area (Å²) in [6, 6.07) is 5.93. The molecular formula is C17H26O3. The first kappa shape index (κ1) is 16.5. The Morgan fingerprint density at radius 1 is 1.25 bits per heavy atom. The highest BCUT2D eigenvalue weighted by Gasteiger charge is 2.10. The van der Waals surface area contributed by atoms with E-state index >= 15 is 0 Å². The van der Waals surface area contributed by atoms with Crippen LogP contribution in [0.2, 0.25) is 0 Å². The van der Waals surface area contributed by atoms with Crippen LogP contribution in [0.15, 0.2) is 18.2 Å². The second-order valence-electron chi connectivity index (χ2n) is 5.58. The standard InChI is InChI=1S/C17H26O3/c1-6-7-14(5)20-16-9-8-15(10-13(16)4)11-19-17(18)12(2)3/h8-10,12,14H,6-7,11H2,1-5H3. The van der Waals surface area contributed by atoms with Gasteiger partial charge < -0.3 is 9.47 Å². The molecule has 1 aromatic rings. The fourth-order valence-corrected chi connectivity index (χ4v) is 1.94. The highest BCUT2D eigenvalue weighted by molar-refractivity contribution is 5.71. The van der Waals surface area contributed by atoms with Crippen molar-refractivity contribution >= 4 is 5.97 Å². The highest BCUT2D eigenvalue weighted by atomic mass is 16.5. The third-order valence-electron chi connectivity index (χ3n) is 3.12. The van der Waals surface area contributed by atoms with Crippen LogP contribution in [0.4, 0.5) is 0 Å². The van der Waals surface area contributed by atoms with Gasteiger partial charge in [0.25, 0.3) is 0 Å². The molecule has 0 bridgehead atoms. The van der Waals surface area contributed by atoms with Crippen molar-refractivity contribution in [1.82, 2.24) is 0 Å². The van der Waals surface area contributed by atoms with Gasteiger partial charge in [-0.15, -0.1) is 0 Å². The van der Waals surface area contributed by atoms with Gasteiger partial charge in [0.2, 0.25) is 0 Å². The van der Waals surface area contributed by atoms with Crippen LogP contribution in [0.1, 0.15) is 51.7 Å². The summed E-state index contributed by atoms with van der Waals surface area (Å²) in [5.74, 6) is 0.651. The lowest BCUT2D eigenvalue weighted by atomic mass is 10.1. The molecule has 20 heavy (non-hydrogen) atoms. The Kier molecular flexibility index (Phi) is 6.56. The SMILES string of the molecule is CCCC(C)Oc1ccc(COC(=O)C(C)C)cc1C. The Labute approximate surface area is 122 Å². The number of benzene rings is 1. The van der Waals surface area contributed by atoms with Crippen LogP contribution in [0.25, 0.3) is 0 Å². The van der Waals surface area contributed by atoms with E-state index in [0.29, 0.717) is 6.61 Å². The van der Waals surface area contributed by atoms with E-state index in [1.165, 1.54) is 0 Å². The molecule has 0 fully saturated rings. The fourth-order valence-electron chi connectivity index (χ4n) is 1.94. The third-order valence-corrected chi connectivity index (χ3v) is 3.12. The average molecular weight is 278 g/mol. The lowest BCUT2D eigenvalue weighted by Crippen LogP contribution is -2.12. The van der Waals surface area contributed by atoms with E-state index in [1.54, 1.807) is 0 Å². The smallest absolute Gasteiger partial charge is 0.308 e. The molecule has 3 nitrogen and oxygen atoms in total. The summed E-state index contributed by atoms with van der Waals surface area (Å²) >= 11 is 0. The minimum Gasteiger partial charge on any atom is -0.490 e. The topological polar surface area (TPSA) is 35.5 Å². The van der Waals surface area contributed by atoms with E-state index in [-0.39, 0.29) is 18.0 Å². The predicted molar refractivity (Wildman–Crippen MR) is 80.8 cm³/mol. The molecule has 0 aliphatic rings. The summed E-state index contributed by atoms with van der Waals surface area (Å²) in [6.07, 6.45) is 2.39. The number of hydrogen-bond donors (Lipinski definition) is 0. The quantitative estimate of drug-likeness (QED) is 0.699. The molecule has 1 unspecified atom stereocenters. The van der Waals surface area contributed by atoms with Crippen molar-refractivity contribution < 1.29 is 14.3 Å². The molecule has 1 aromatic carbocycles. The fraction of sp³-hybridized carbons (Fsp3) is 0.588. The first-order valence-electron chi connectivity index (χ1n) is 7.36. The minimum absolute atomic E-state index is 0.0893. The van der Waals surface area contributed by atoms with Gasteiger partial charge in [-0.3, -0.25) is 4.79 Å². The maximum atomic E-state index is 11.4. The van der Waals surface area contributed by atoms with Crippen molar-refractivity contribution in [2.24, 2.45) is 5.92 Å². The zero-order chi connectivity index (χ0) is 15.1. The van der Waals surface area contributed by atoms with Crippen LogP contribution in [-0.2, 0) is 16.1 Å². The van der Waals surface area contributed by atoms with Crippen LogP contribution in [-0.4, -0.2) is 12.1 Å². The van der Waals surface area contributed by atoms with E-state index in [0.717, 1.165) is 29.7 Å². The lowest BCUT2D eigenvalue weighted by molar-refractivity contribution is -0.148. The van der Waals surface area contributed by atoms with Crippen LogP contribution in [0.3, 0.4) is 0 Å². The summed E-state index contributed by atoms with van der Waals surface area (Å²) in [4.78, 5) is 11.4. The molecule has 3 heteroatoms. The lowest BCUT2D eigenvalue weighted by Gasteiger charge is -2.16. The van der Waals surface area contributed by atoms with Gasteiger partial charge in [0.05, 0.1) is 12.0 Å². The molecule has 0 saturated heterocycles. The molecule has 0 saturated carbocycles. The maximum Gasteiger partial charge on any atom is 0.308 e. The van der Waals surface area contributed by atoms with Crippen LogP contribution < -0.4 is 4.74 Å². The van der Waals surface area contributed by atoms with Crippen molar-refractivity contribution in [1.29, 1.82) is 0 Å². The van der Waals surface area contributed by atoms with Gasteiger partial charge in [-0.25, -0.2) is 0 Å². The Morgan fingerprint density at radius 2 is 1.95 bits per heavy atom. The number of aryl methyl sites for hydroxylation is 1. The van der Waals surface area contributed by atoms with E-state index in [9.17, 15) is 4.79 Å². The Hall–Kier alpha value is -1.51. The maximum absolute atomic E-state index is 11.4. The van der Waals surface area contributed by atoms with E-state index in [4.69, 9.17) is 9.47 Å². The van der Waals surface area contributed by atoms with Gasteiger partial charge in [0.1, 0.15) is 12.4 Å². The van der Waals surface area contributed by atoms with E-state index < -0.39 is 0 Å². The molecule has 0 amide bonds. The number of esters is 1. The first-order chi connectivity index (χ1) is 9.43. The summed E-state index contributed by atoms with van der Waals surface area (Å²) in [6.45, 7) is 10.2. The molecule has 0 aliphatic carbocycles. The van der Waals surface area contributed by atoms with Crippen molar-refractivity contribution in [2.45, 2.75) is 60.2 Å². The number of hydrogen-bond acceptors (Lipinski definition) is 3. The molecule has 0 N–H and O–H groups in total. The molecule has 0 aromatic heterocycles. The molecule has 0 aliphatic heterocycles. The van der Waals surface area contributed by atoms with E-state index in [2.05, 4.69) is 13.8 Å². The predicted octanol–water partition coefficient (Wildman–Crippen LogP) is 4.26. The largest absolute Gasteiger partial charge is 0.490 e. The zero-order valence-corrected chi connectivity index (χ0v) is 13.2. The van der Waals surface area contributed by atoms with Crippen LogP contribution in [0.5, 0.6) is 5.75 Å². The molecule has 0 heterocycles. The Bertz CT molecular complexity index is 438. The van der Waals surface area contributed by atoms with Gasteiger partial charge >= 0.3 is 5.97 Å². The average Bonchev–Trinajstić information content (AvgIpc) is 2.39. The normalized spacial score (nSPS) is 12.3. The van der Waals surface area contributed by atoms with Gasteiger partial charge in [-0.2, -0.15) is 0 Å². The van der Waals surface area contributed by atoms with E-state index in [1.807, 2.05) is 39.0 Å². The minimum atomic E-state index is -0.167. The zero-order valence-electron chi connectivity index (χ0n) is 13.2. The third kappa shape index (κ3) is 5.24. The Balaban J connectivity index is 2.61. The van der Waals surface area contributed by atoms with Gasteiger partial charge in [0.15, 0.2) is 0 Å². The number of ether oxygens (including phenoxy) is 2. The highest BCUT2D eigenvalue weighted by Crippen LogP contribution is 2.22. The summed E-state index contributed by atoms with van der Waals surface area (Å²) in [5, 5.41) is 0. The molecular weight excluding hydrogens is 252 g/mol. The first-order valence-corrected chi connectivity index (χ1v) is 7.36. The molecule has 0 spiro atoms. The van der Waals surface area contributed by atoms with Crippen LogP contribution >= 0.6 is 0 Å². The van der Waals surface area contributed by atoms with Crippen molar-refractivity contribution in [3.63, 3.8) is 0 Å². The second-order valence-corrected chi connectivity index (χ2v) is 5.58. The van der Waals surface area contributed by atoms with Crippen molar-refractivity contribution in [2.75, 3.05) is 0 Å². The van der Waals surface area contributed by atoms with Crippen molar-refractivity contribution in [3.05, 3.63) is 29.3 Å². The second kappa shape index (κ2) is 7.93. The molecule has 112 valence electrons. The number of carbonyl (C=O) groups is 1. The summed E-state index contributed by atoms with van der Waals surface area (Å²) < 4.78 is 11.1. The van der Waals surface area contributed by atoms with Gasteiger partial charge in [0, 0.05) is 0 Å². The molecule has 1 atom stereocenters. The van der Waals surface area contributed by atoms with Crippen molar-refractivity contribution in [3.8, 4) is 5.75 Å². The molecule has 1 rings (SSSR count). The number of rotatable bonds is 7. The number of carbonyl (C=O) groups excluding carboxylic acids is 1. The van der Waals surface area contributed by atoms with Crippen LogP contribution in [0, 0.1) is 12.8 Å². The Morgan fingerprint density at radius 3 is 2.50 bits per heavy atom. The van der Waals surface area contributed by atoms with Gasteiger partial charge in [-0.05, 0) is 43.5 Å². The molecule has 0 radical (unpaired) electrons. The summed E-state index contributed by atoms with van der Waals surface area (Å²) in [5.41, 5.74) is 2.07. The summed E-state index contributed by atoms with van der Waals surface area (Å²) in [7, 11) is 0. The monoisotopic (exact) mass is 278 g/mol. The van der Waals surface area contributed by atoms with Gasteiger partial charge in [-0.1, -0.05) is 33.3 Å².